The number of nitrogens with one attached hydrogen (secondary N) is 1. The predicted molar refractivity (Wildman–Crippen MR) is 88.7 cm³/mol. The van der Waals surface area contributed by atoms with Crippen molar-refractivity contribution in [3.8, 4) is 0 Å². The Morgan fingerprint density at radius 2 is 2.00 bits per heavy atom. The van der Waals surface area contributed by atoms with Gasteiger partial charge in [0.15, 0.2) is 5.13 Å². The lowest BCUT2D eigenvalue weighted by Gasteiger charge is -2.22. The molecule has 4 rings (SSSR count). The Bertz CT molecular complexity index is 692. The van der Waals surface area contributed by atoms with E-state index in [1.807, 2.05) is 23.3 Å². The molecule has 0 radical (unpaired) electrons. The van der Waals surface area contributed by atoms with Gasteiger partial charge in [-0.25, -0.2) is 19.7 Å². The summed E-state index contributed by atoms with van der Waals surface area (Å²) >= 11 is 1.44. The molecule has 7 nitrogen and oxygen atoms in total. The number of aromatic nitrogens is 3. The summed E-state index contributed by atoms with van der Waals surface area (Å²) in [7, 11) is 0. The first-order valence-corrected chi connectivity index (χ1v) is 8.56. The number of amides is 2. The van der Waals surface area contributed by atoms with Crippen LogP contribution < -0.4 is 10.2 Å². The number of rotatable bonds is 2. The fourth-order valence-corrected chi connectivity index (χ4v) is 3.93. The standard InChI is InChI=1S/C15H18N6OS/c1-10-4-13(18-9-17-10)20-5-11-7-21(8-12(11)6-20)15(22)19-14-16-2-3-23-14/h2-4,9,11-12H,5-8H2,1H3,(H,16,19,22). The maximum atomic E-state index is 12.3. The van der Waals surface area contributed by atoms with E-state index in [9.17, 15) is 4.79 Å². The SMILES string of the molecule is Cc1cc(N2CC3CN(C(=O)Nc4nccs4)CC3C2)ncn1. The Balaban J connectivity index is 1.37. The van der Waals surface area contributed by atoms with Gasteiger partial charge in [0.1, 0.15) is 12.1 Å². The van der Waals surface area contributed by atoms with Crippen LogP contribution in [-0.4, -0.2) is 52.1 Å². The zero-order chi connectivity index (χ0) is 15.8. The molecule has 2 fully saturated rings. The summed E-state index contributed by atoms with van der Waals surface area (Å²) in [4.78, 5) is 29.1. The maximum Gasteiger partial charge on any atom is 0.323 e. The molecular weight excluding hydrogens is 312 g/mol. The molecule has 0 spiro atoms. The molecular formula is C15H18N6OS. The number of anilines is 2. The van der Waals surface area contributed by atoms with Crippen LogP contribution in [-0.2, 0) is 0 Å². The monoisotopic (exact) mass is 330 g/mol. The van der Waals surface area contributed by atoms with Crippen LogP contribution >= 0.6 is 11.3 Å². The lowest BCUT2D eigenvalue weighted by molar-refractivity contribution is 0.219. The molecule has 2 amide bonds. The van der Waals surface area contributed by atoms with Gasteiger partial charge in [-0.15, -0.1) is 11.3 Å². The van der Waals surface area contributed by atoms with Gasteiger partial charge in [-0.3, -0.25) is 5.32 Å². The largest absolute Gasteiger partial charge is 0.356 e. The normalized spacial score (nSPS) is 23.2. The van der Waals surface area contributed by atoms with Crippen LogP contribution in [0.25, 0.3) is 0 Å². The van der Waals surface area contributed by atoms with E-state index in [-0.39, 0.29) is 6.03 Å². The quantitative estimate of drug-likeness (QED) is 0.909. The minimum Gasteiger partial charge on any atom is -0.356 e. The first kappa shape index (κ1) is 14.4. The van der Waals surface area contributed by atoms with E-state index in [2.05, 4.69) is 25.2 Å². The van der Waals surface area contributed by atoms with Gasteiger partial charge >= 0.3 is 6.03 Å². The number of urea groups is 1. The van der Waals surface area contributed by atoms with Crippen LogP contribution in [0.15, 0.2) is 24.0 Å². The highest BCUT2D eigenvalue weighted by atomic mass is 32.1. The summed E-state index contributed by atoms with van der Waals surface area (Å²) in [6.45, 7) is 5.46. The number of nitrogens with zero attached hydrogens (tertiary/aromatic N) is 5. The highest BCUT2D eigenvalue weighted by Crippen LogP contribution is 2.33. The smallest absolute Gasteiger partial charge is 0.323 e. The highest BCUT2D eigenvalue weighted by molar-refractivity contribution is 7.13. The first-order chi connectivity index (χ1) is 11.2. The van der Waals surface area contributed by atoms with Crippen molar-refractivity contribution in [2.24, 2.45) is 11.8 Å². The van der Waals surface area contributed by atoms with E-state index in [1.54, 1.807) is 12.5 Å². The maximum absolute atomic E-state index is 12.3. The molecule has 2 aliphatic heterocycles. The van der Waals surface area contributed by atoms with Crippen LogP contribution in [0.2, 0.25) is 0 Å². The molecule has 2 saturated heterocycles. The van der Waals surface area contributed by atoms with Gasteiger partial charge in [-0.05, 0) is 6.92 Å². The van der Waals surface area contributed by atoms with E-state index in [0.717, 1.165) is 37.7 Å². The summed E-state index contributed by atoms with van der Waals surface area (Å²) in [5.41, 5.74) is 0.983. The zero-order valence-corrected chi connectivity index (χ0v) is 13.7. The molecule has 1 N–H and O–H groups in total. The molecule has 8 heteroatoms. The van der Waals surface area contributed by atoms with Crippen molar-refractivity contribution in [3.05, 3.63) is 29.7 Å². The molecule has 2 aromatic heterocycles. The Morgan fingerprint density at radius 1 is 1.22 bits per heavy atom. The zero-order valence-electron chi connectivity index (χ0n) is 12.8. The summed E-state index contributed by atoms with van der Waals surface area (Å²) < 4.78 is 0. The van der Waals surface area contributed by atoms with Crippen LogP contribution in [0.3, 0.4) is 0 Å². The van der Waals surface area contributed by atoms with E-state index >= 15 is 0 Å². The van der Waals surface area contributed by atoms with E-state index in [1.165, 1.54) is 11.3 Å². The average molecular weight is 330 g/mol. The number of aryl methyl sites for hydroxylation is 1. The van der Waals surface area contributed by atoms with Gasteiger partial charge in [0.25, 0.3) is 0 Å². The second-order valence-corrected chi connectivity index (χ2v) is 7.01. The third kappa shape index (κ3) is 2.86. The summed E-state index contributed by atoms with van der Waals surface area (Å²) in [6.07, 6.45) is 3.31. The van der Waals surface area contributed by atoms with Crippen molar-refractivity contribution in [2.45, 2.75) is 6.92 Å². The van der Waals surface area contributed by atoms with E-state index in [4.69, 9.17) is 0 Å². The molecule has 0 aliphatic carbocycles. The number of hydrogen-bond donors (Lipinski definition) is 1. The molecule has 23 heavy (non-hydrogen) atoms. The fraction of sp³-hybridized carbons (Fsp3) is 0.467. The van der Waals surface area contributed by atoms with Gasteiger partial charge < -0.3 is 9.80 Å². The average Bonchev–Trinajstić information content (AvgIpc) is 3.22. The molecule has 2 unspecified atom stereocenters. The molecule has 2 aromatic rings. The highest BCUT2D eigenvalue weighted by Gasteiger charge is 2.42. The van der Waals surface area contributed by atoms with Crippen LogP contribution in [0.1, 0.15) is 5.69 Å². The molecule has 0 bridgehead atoms. The number of hydrogen-bond acceptors (Lipinski definition) is 6. The molecule has 4 heterocycles. The minimum atomic E-state index is -0.0428. The fourth-order valence-electron chi connectivity index (χ4n) is 3.42. The van der Waals surface area contributed by atoms with Gasteiger partial charge in [0.05, 0.1) is 0 Å². The molecule has 2 aliphatic rings. The van der Waals surface area contributed by atoms with Crippen LogP contribution in [0, 0.1) is 18.8 Å². The van der Waals surface area contributed by atoms with Crippen molar-refractivity contribution in [2.75, 3.05) is 36.4 Å². The predicted octanol–water partition coefficient (Wildman–Crippen LogP) is 1.84. The lowest BCUT2D eigenvalue weighted by Crippen LogP contribution is -2.36. The van der Waals surface area contributed by atoms with Crippen molar-refractivity contribution < 1.29 is 4.79 Å². The molecule has 2 atom stereocenters. The minimum absolute atomic E-state index is 0.0428. The Labute approximate surface area is 138 Å². The van der Waals surface area contributed by atoms with Crippen molar-refractivity contribution in [1.82, 2.24) is 19.9 Å². The second kappa shape index (κ2) is 5.77. The van der Waals surface area contributed by atoms with Gasteiger partial charge in [-0.2, -0.15) is 0 Å². The van der Waals surface area contributed by atoms with Gasteiger partial charge in [-0.1, -0.05) is 0 Å². The van der Waals surface area contributed by atoms with Gasteiger partial charge in [0, 0.05) is 61.4 Å². The van der Waals surface area contributed by atoms with Crippen molar-refractivity contribution >= 4 is 28.3 Å². The van der Waals surface area contributed by atoms with Gasteiger partial charge in [0.2, 0.25) is 0 Å². The second-order valence-electron chi connectivity index (χ2n) is 6.12. The molecule has 120 valence electrons. The number of fused-ring (bicyclic) bond motifs is 1. The third-order valence-corrected chi connectivity index (χ3v) is 5.22. The number of carbonyl (C=O) groups is 1. The summed E-state index contributed by atoms with van der Waals surface area (Å²) in [5.74, 6) is 2.00. The topological polar surface area (TPSA) is 74.2 Å². The van der Waals surface area contributed by atoms with E-state index in [0.29, 0.717) is 17.0 Å². The lowest BCUT2D eigenvalue weighted by atomic mass is 10.0. The number of carbonyl (C=O) groups excluding carboxylic acids is 1. The third-order valence-electron chi connectivity index (χ3n) is 4.53. The number of thiazole rings is 1. The molecule has 0 saturated carbocycles. The summed E-state index contributed by atoms with van der Waals surface area (Å²) in [5, 5.41) is 5.38. The summed E-state index contributed by atoms with van der Waals surface area (Å²) in [6, 6.07) is 1.98. The van der Waals surface area contributed by atoms with Crippen molar-refractivity contribution in [3.63, 3.8) is 0 Å². The van der Waals surface area contributed by atoms with Crippen molar-refractivity contribution in [1.29, 1.82) is 0 Å². The Hall–Kier alpha value is -2.22. The molecule has 0 aromatic carbocycles. The Morgan fingerprint density at radius 3 is 2.65 bits per heavy atom. The van der Waals surface area contributed by atoms with Crippen LogP contribution in [0.4, 0.5) is 15.7 Å². The number of likely N-dealkylation sites (tertiary alicyclic amines) is 1. The first-order valence-electron chi connectivity index (χ1n) is 7.68. The van der Waals surface area contributed by atoms with E-state index < -0.39 is 0 Å². The van der Waals surface area contributed by atoms with Crippen LogP contribution in [0.5, 0.6) is 0 Å². The Kier molecular flexibility index (Phi) is 3.60.